The first kappa shape index (κ1) is 16.0. The van der Waals surface area contributed by atoms with Gasteiger partial charge in [-0.15, -0.1) is 0 Å². The number of nitro groups is 1. The highest BCUT2D eigenvalue weighted by molar-refractivity contribution is 7.87. The SMILES string of the molecule is O=[N+]([O-])c1ccc(OS(=O)(=O)CC2CCCCC2)c(Cl)c1. The fraction of sp³-hybridized carbons (Fsp3) is 0.538. The molecule has 1 aromatic rings. The Hall–Kier alpha value is -1.34. The van der Waals surface area contributed by atoms with Gasteiger partial charge in [0.05, 0.1) is 15.7 Å². The van der Waals surface area contributed by atoms with Gasteiger partial charge >= 0.3 is 10.1 Å². The molecular formula is C13H16ClNO5S. The molecule has 0 aromatic heterocycles. The second kappa shape index (κ2) is 6.62. The molecule has 2 rings (SSSR count). The maximum atomic E-state index is 12.0. The van der Waals surface area contributed by atoms with Crippen LogP contribution in [0.1, 0.15) is 32.1 Å². The fourth-order valence-corrected chi connectivity index (χ4v) is 4.14. The van der Waals surface area contributed by atoms with E-state index in [0.29, 0.717) is 0 Å². The van der Waals surface area contributed by atoms with E-state index in [0.717, 1.165) is 44.2 Å². The zero-order valence-electron chi connectivity index (χ0n) is 11.3. The van der Waals surface area contributed by atoms with Crippen LogP contribution < -0.4 is 4.18 Å². The molecule has 8 heteroatoms. The minimum atomic E-state index is -3.74. The molecule has 116 valence electrons. The minimum absolute atomic E-state index is 0.0414. The van der Waals surface area contributed by atoms with Crippen LogP contribution in [0.2, 0.25) is 5.02 Å². The molecule has 0 unspecified atom stereocenters. The van der Waals surface area contributed by atoms with Crippen molar-refractivity contribution in [2.75, 3.05) is 5.75 Å². The number of nitrogens with zero attached hydrogens (tertiary/aromatic N) is 1. The van der Waals surface area contributed by atoms with E-state index < -0.39 is 15.0 Å². The molecule has 0 saturated heterocycles. The average molecular weight is 334 g/mol. The van der Waals surface area contributed by atoms with Crippen LogP contribution in [0, 0.1) is 16.0 Å². The van der Waals surface area contributed by atoms with Gasteiger partial charge < -0.3 is 4.18 Å². The molecule has 0 spiro atoms. The number of hydrogen-bond acceptors (Lipinski definition) is 5. The molecule has 0 atom stereocenters. The van der Waals surface area contributed by atoms with E-state index >= 15 is 0 Å². The highest BCUT2D eigenvalue weighted by Crippen LogP contribution is 2.31. The van der Waals surface area contributed by atoms with E-state index in [-0.39, 0.29) is 28.1 Å². The van der Waals surface area contributed by atoms with Crippen molar-refractivity contribution in [3.63, 3.8) is 0 Å². The van der Waals surface area contributed by atoms with Crippen LogP contribution in [0.5, 0.6) is 5.75 Å². The Morgan fingerprint density at radius 2 is 1.95 bits per heavy atom. The lowest BCUT2D eigenvalue weighted by atomic mass is 9.91. The van der Waals surface area contributed by atoms with Gasteiger partial charge in [-0.2, -0.15) is 8.42 Å². The highest BCUT2D eigenvalue weighted by Gasteiger charge is 2.24. The zero-order chi connectivity index (χ0) is 15.5. The Morgan fingerprint density at radius 3 is 2.52 bits per heavy atom. The van der Waals surface area contributed by atoms with Crippen LogP contribution in [0.3, 0.4) is 0 Å². The molecule has 1 aliphatic rings. The largest absolute Gasteiger partial charge is 0.381 e. The Balaban J connectivity index is 2.07. The molecule has 0 heterocycles. The number of nitro benzene ring substituents is 1. The summed E-state index contributed by atoms with van der Waals surface area (Å²) in [5.41, 5.74) is -0.211. The van der Waals surface area contributed by atoms with E-state index in [1.807, 2.05) is 0 Å². The predicted octanol–water partition coefficient (Wildman–Crippen LogP) is 3.54. The molecule has 0 N–H and O–H groups in total. The van der Waals surface area contributed by atoms with Crippen LogP contribution >= 0.6 is 11.6 Å². The van der Waals surface area contributed by atoms with Gasteiger partial charge in [0.2, 0.25) is 0 Å². The summed E-state index contributed by atoms with van der Waals surface area (Å²) in [4.78, 5) is 10.00. The third-order valence-corrected chi connectivity index (χ3v) is 5.12. The van der Waals surface area contributed by atoms with Gasteiger partial charge in [0.25, 0.3) is 5.69 Å². The van der Waals surface area contributed by atoms with Gasteiger partial charge in [0.15, 0.2) is 5.75 Å². The topological polar surface area (TPSA) is 86.5 Å². The van der Waals surface area contributed by atoms with Crippen molar-refractivity contribution in [2.45, 2.75) is 32.1 Å². The van der Waals surface area contributed by atoms with E-state index in [9.17, 15) is 18.5 Å². The normalized spacial score (nSPS) is 16.6. The molecule has 1 fully saturated rings. The molecule has 0 radical (unpaired) electrons. The maximum absolute atomic E-state index is 12.0. The number of rotatable bonds is 5. The monoisotopic (exact) mass is 333 g/mol. The molecule has 1 aliphatic carbocycles. The summed E-state index contributed by atoms with van der Waals surface area (Å²) in [5, 5.41) is 10.5. The van der Waals surface area contributed by atoms with Crippen molar-refractivity contribution in [3.05, 3.63) is 33.3 Å². The molecule has 6 nitrogen and oxygen atoms in total. The molecule has 0 amide bonds. The number of halogens is 1. The Bertz CT molecular complexity index is 625. The van der Waals surface area contributed by atoms with Crippen molar-refractivity contribution < 1.29 is 17.5 Å². The average Bonchev–Trinajstić information content (AvgIpc) is 2.41. The second-order valence-corrected chi connectivity index (χ2v) is 7.21. The summed E-state index contributed by atoms with van der Waals surface area (Å²) in [6.45, 7) is 0. The van der Waals surface area contributed by atoms with Crippen LogP contribution in [0.15, 0.2) is 18.2 Å². The standard InChI is InChI=1S/C13H16ClNO5S/c14-12-8-11(15(16)17)6-7-13(12)20-21(18,19)9-10-4-2-1-3-5-10/h6-8,10H,1-5,9H2. The predicted molar refractivity (Wildman–Crippen MR) is 79.1 cm³/mol. The first-order valence-electron chi connectivity index (χ1n) is 6.73. The summed E-state index contributed by atoms with van der Waals surface area (Å²) in [7, 11) is -3.74. The lowest BCUT2D eigenvalue weighted by molar-refractivity contribution is -0.384. The van der Waals surface area contributed by atoms with E-state index in [4.69, 9.17) is 15.8 Å². The van der Waals surface area contributed by atoms with Crippen molar-refractivity contribution in [2.24, 2.45) is 5.92 Å². The lowest BCUT2D eigenvalue weighted by Crippen LogP contribution is -2.22. The summed E-state index contributed by atoms with van der Waals surface area (Å²) in [6, 6.07) is 3.45. The van der Waals surface area contributed by atoms with Crippen LogP contribution in [-0.2, 0) is 10.1 Å². The van der Waals surface area contributed by atoms with Gasteiger partial charge in [-0.3, -0.25) is 10.1 Å². The summed E-state index contributed by atoms with van der Waals surface area (Å²) in [5.74, 6) is -0.000936. The lowest BCUT2D eigenvalue weighted by Gasteiger charge is -2.21. The maximum Gasteiger partial charge on any atom is 0.309 e. The van der Waals surface area contributed by atoms with Gasteiger partial charge in [0, 0.05) is 12.1 Å². The first-order chi connectivity index (χ1) is 9.87. The van der Waals surface area contributed by atoms with Crippen LogP contribution in [-0.4, -0.2) is 19.1 Å². The molecule has 0 bridgehead atoms. The molecule has 0 aliphatic heterocycles. The second-order valence-electron chi connectivity index (χ2n) is 5.18. The van der Waals surface area contributed by atoms with E-state index in [2.05, 4.69) is 0 Å². The van der Waals surface area contributed by atoms with Crippen molar-refractivity contribution in [1.29, 1.82) is 0 Å². The Kier molecular flexibility index (Phi) is 5.05. The first-order valence-corrected chi connectivity index (χ1v) is 8.69. The Morgan fingerprint density at radius 1 is 1.29 bits per heavy atom. The van der Waals surface area contributed by atoms with E-state index in [1.165, 1.54) is 6.07 Å². The van der Waals surface area contributed by atoms with Crippen molar-refractivity contribution >= 4 is 27.4 Å². The molecular weight excluding hydrogens is 318 g/mol. The van der Waals surface area contributed by atoms with E-state index in [1.54, 1.807) is 0 Å². The van der Waals surface area contributed by atoms with Gasteiger partial charge in [-0.1, -0.05) is 30.9 Å². The van der Waals surface area contributed by atoms with Crippen LogP contribution in [0.25, 0.3) is 0 Å². The summed E-state index contributed by atoms with van der Waals surface area (Å²) in [6.07, 6.45) is 5.00. The minimum Gasteiger partial charge on any atom is -0.381 e. The fourth-order valence-electron chi connectivity index (χ4n) is 2.48. The van der Waals surface area contributed by atoms with Crippen molar-refractivity contribution in [3.8, 4) is 5.75 Å². The summed E-state index contributed by atoms with van der Waals surface area (Å²) < 4.78 is 29.0. The third-order valence-electron chi connectivity index (χ3n) is 3.51. The third kappa shape index (κ3) is 4.57. The Labute approximate surface area is 128 Å². The molecule has 1 aromatic carbocycles. The number of hydrogen-bond donors (Lipinski definition) is 0. The van der Waals surface area contributed by atoms with Gasteiger partial charge in [-0.25, -0.2) is 0 Å². The number of non-ortho nitro benzene ring substituents is 1. The number of benzene rings is 1. The zero-order valence-corrected chi connectivity index (χ0v) is 12.9. The smallest absolute Gasteiger partial charge is 0.309 e. The van der Waals surface area contributed by atoms with Crippen molar-refractivity contribution in [1.82, 2.24) is 0 Å². The molecule has 1 saturated carbocycles. The highest BCUT2D eigenvalue weighted by atomic mass is 35.5. The van der Waals surface area contributed by atoms with Crippen LogP contribution in [0.4, 0.5) is 5.69 Å². The quantitative estimate of drug-likeness (QED) is 0.467. The summed E-state index contributed by atoms with van der Waals surface area (Å²) >= 11 is 5.83. The van der Waals surface area contributed by atoms with Gasteiger partial charge in [0.1, 0.15) is 0 Å². The van der Waals surface area contributed by atoms with Gasteiger partial charge in [-0.05, 0) is 24.8 Å². The molecule has 21 heavy (non-hydrogen) atoms.